The van der Waals surface area contributed by atoms with E-state index in [4.69, 9.17) is 15.9 Å². The molecule has 16 heavy (non-hydrogen) atoms. The predicted molar refractivity (Wildman–Crippen MR) is 55.8 cm³/mol. The van der Waals surface area contributed by atoms with Crippen LogP contribution in [0.1, 0.15) is 33.2 Å². The molecule has 0 aromatic heterocycles. The lowest BCUT2D eigenvalue weighted by Crippen LogP contribution is -2.09. The summed E-state index contributed by atoms with van der Waals surface area (Å²) < 4.78 is 0. The normalized spacial score (nSPS) is 10.1. The second-order valence-corrected chi connectivity index (χ2v) is 3.18. The van der Waals surface area contributed by atoms with Gasteiger partial charge in [0.15, 0.2) is 0 Å². The van der Waals surface area contributed by atoms with Gasteiger partial charge in [-0.15, -0.1) is 0 Å². The predicted octanol–water partition coefficient (Wildman–Crippen LogP) is 0.933. The van der Waals surface area contributed by atoms with Crippen molar-refractivity contribution in [1.29, 1.82) is 0 Å². The van der Waals surface area contributed by atoms with Crippen molar-refractivity contribution >= 4 is 17.6 Å². The molecule has 0 heterocycles. The summed E-state index contributed by atoms with van der Waals surface area (Å²) in [7, 11) is 0. The Balaban J connectivity index is 3.62. The van der Waals surface area contributed by atoms with Gasteiger partial charge in [-0.3, -0.25) is 0 Å². The molecular formula is C10H11NO5. The molecule has 1 rings (SSSR count). The SMILES string of the molecule is CCc1c(N)c(C(=O)O)cc(C(=O)O)c1O. The van der Waals surface area contributed by atoms with Crippen molar-refractivity contribution in [3.8, 4) is 5.75 Å². The van der Waals surface area contributed by atoms with Crippen LogP contribution in [0.5, 0.6) is 5.75 Å². The fourth-order valence-corrected chi connectivity index (χ4v) is 1.44. The molecule has 0 atom stereocenters. The van der Waals surface area contributed by atoms with Crippen molar-refractivity contribution in [3.05, 3.63) is 22.8 Å². The van der Waals surface area contributed by atoms with E-state index in [1.54, 1.807) is 6.92 Å². The summed E-state index contributed by atoms with van der Waals surface area (Å²) in [5.74, 6) is -3.19. The largest absolute Gasteiger partial charge is 0.507 e. The molecule has 86 valence electrons. The van der Waals surface area contributed by atoms with Crippen molar-refractivity contribution in [2.45, 2.75) is 13.3 Å². The van der Waals surface area contributed by atoms with E-state index in [9.17, 15) is 14.7 Å². The fraction of sp³-hybridized carbons (Fsp3) is 0.200. The zero-order chi connectivity index (χ0) is 12.5. The number of aromatic hydroxyl groups is 1. The zero-order valence-corrected chi connectivity index (χ0v) is 8.52. The number of hydrogen-bond donors (Lipinski definition) is 4. The van der Waals surface area contributed by atoms with Crippen LogP contribution in [0.15, 0.2) is 6.07 Å². The van der Waals surface area contributed by atoms with Crippen molar-refractivity contribution in [2.24, 2.45) is 0 Å². The minimum absolute atomic E-state index is 0.0995. The van der Waals surface area contributed by atoms with Gasteiger partial charge in [0.05, 0.1) is 11.3 Å². The van der Waals surface area contributed by atoms with Crippen LogP contribution in [0.2, 0.25) is 0 Å². The topological polar surface area (TPSA) is 121 Å². The average molecular weight is 225 g/mol. The smallest absolute Gasteiger partial charge is 0.339 e. The third kappa shape index (κ3) is 1.77. The van der Waals surface area contributed by atoms with Crippen molar-refractivity contribution in [1.82, 2.24) is 0 Å². The third-order valence-electron chi connectivity index (χ3n) is 2.26. The molecule has 0 aliphatic heterocycles. The second-order valence-electron chi connectivity index (χ2n) is 3.18. The van der Waals surface area contributed by atoms with Crippen LogP contribution in [0.25, 0.3) is 0 Å². The highest BCUT2D eigenvalue weighted by molar-refractivity contribution is 6.01. The van der Waals surface area contributed by atoms with Gasteiger partial charge in [0.1, 0.15) is 11.3 Å². The molecule has 0 bridgehead atoms. The summed E-state index contributed by atoms with van der Waals surface area (Å²) in [6, 6.07) is 0.856. The van der Waals surface area contributed by atoms with Crippen LogP contribution in [0.3, 0.4) is 0 Å². The first-order chi connectivity index (χ1) is 7.40. The van der Waals surface area contributed by atoms with E-state index in [-0.39, 0.29) is 23.2 Å². The van der Waals surface area contributed by atoms with Gasteiger partial charge < -0.3 is 21.1 Å². The van der Waals surface area contributed by atoms with E-state index in [0.29, 0.717) is 0 Å². The van der Waals surface area contributed by atoms with Crippen LogP contribution >= 0.6 is 0 Å². The Hall–Kier alpha value is -2.24. The van der Waals surface area contributed by atoms with Crippen LogP contribution < -0.4 is 5.73 Å². The maximum Gasteiger partial charge on any atom is 0.339 e. The van der Waals surface area contributed by atoms with Crippen molar-refractivity contribution < 1.29 is 24.9 Å². The highest BCUT2D eigenvalue weighted by Gasteiger charge is 2.21. The van der Waals surface area contributed by atoms with Gasteiger partial charge in [-0.1, -0.05) is 6.92 Å². The monoisotopic (exact) mass is 225 g/mol. The molecular weight excluding hydrogens is 214 g/mol. The Morgan fingerprint density at radius 3 is 2.12 bits per heavy atom. The molecule has 1 aromatic carbocycles. The van der Waals surface area contributed by atoms with Crippen LogP contribution in [-0.4, -0.2) is 27.3 Å². The lowest BCUT2D eigenvalue weighted by atomic mass is 9.99. The van der Waals surface area contributed by atoms with Gasteiger partial charge in [0, 0.05) is 5.56 Å². The number of hydrogen-bond acceptors (Lipinski definition) is 4. The standard InChI is InChI=1S/C10H11NO5/c1-2-4-7(11)5(9(13)14)3-6(8(4)12)10(15)16/h3,12H,2,11H2,1H3,(H,13,14)(H,15,16). The fourth-order valence-electron chi connectivity index (χ4n) is 1.44. The van der Waals surface area contributed by atoms with E-state index in [1.807, 2.05) is 0 Å². The quantitative estimate of drug-likeness (QED) is 0.568. The van der Waals surface area contributed by atoms with Crippen LogP contribution in [-0.2, 0) is 6.42 Å². The maximum absolute atomic E-state index is 10.8. The lowest BCUT2D eigenvalue weighted by molar-refractivity contribution is 0.0693. The summed E-state index contributed by atoms with van der Waals surface area (Å²) in [5.41, 5.74) is 4.80. The Bertz CT molecular complexity index is 429. The number of anilines is 1. The van der Waals surface area contributed by atoms with Gasteiger partial charge in [-0.05, 0) is 12.5 Å². The molecule has 6 nitrogen and oxygen atoms in total. The third-order valence-corrected chi connectivity index (χ3v) is 2.26. The van der Waals surface area contributed by atoms with Gasteiger partial charge in [0.25, 0.3) is 0 Å². The van der Waals surface area contributed by atoms with Gasteiger partial charge in [-0.2, -0.15) is 0 Å². The van der Waals surface area contributed by atoms with E-state index in [1.165, 1.54) is 0 Å². The minimum atomic E-state index is -1.39. The first-order valence-corrected chi connectivity index (χ1v) is 4.51. The number of nitrogen functional groups attached to an aromatic ring is 1. The van der Waals surface area contributed by atoms with Crippen LogP contribution in [0.4, 0.5) is 5.69 Å². The summed E-state index contributed by atoms with van der Waals surface area (Å²) in [6.45, 7) is 1.64. The summed E-state index contributed by atoms with van der Waals surface area (Å²) in [6.07, 6.45) is 0.249. The van der Waals surface area contributed by atoms with E-state index < -0.39 is 23.3 Å². The lowest BCUT2D eigenvalue weighted by Gasteiger charge is -2.11. The Kier molecular flexibility index (Phi) is 3.03. The molecule has 0 saturated heterocycles. The summed E-state index contributed by atoms with van der Waals surface area (Å²) in [4.78, 5) is 21.6. The van der Waals surface area contributed by atoms with E-state index in [2.05, 4.69) is 0 Å². The molecule has 0 fully saturated rings. The number of carboxylic acids is 2. The molecule has 6 heteroatoms. The minimum Gasteiger partial charge on any atom is -0.507 e. The zero-order valence-electron chi connectivity index (χ0n) is 8.52. The average Bonchev–Trinajstić information content (AvgIpc) is 2.17. The number of rotatable bonds is 3. The number of carboxylic acid groups (broad SMARTS) is 2. The van der Waals surface area contributed by atoms with Crippen molar-refractivity contribution in [3.63, 3.8) is 0 Å². The molecule has 0 spiro atoms. The van der Waals surface area contributed by atoms with E-state index >= 15 is 0 Å². The van der Waals surface area contributed by atoms with E-state index in [0.717, 1.165) is 6.07 Å². The first kappa shape index (κ1) is 11.8. The molecule has 0 saturated carbocycles. The number of phenols is 1. The Labute approximate surface area is 90.9 Å². The van der Waals surface area contributed by atoms with Crippen LogP contribution in [0, 0.1) is 0 Å². The first-order valence-electron chi connectivity index (χ1n) is 4.51. The Morgan fingerprint density at radius 1 is 1.25 bits per heavy atom. The highest BCUT2D eigenvalue weighted by atomic mass is 16.4. The highest BCUT2D eigenvalue weighted by Crippen LogP contribution is 2.31. The maximum atomic E-state index is 10.8. The molecule has 0 aliphatic rings. The molecule has 5 N–H and O–H groups in total. The summed E-state index contributed by atoms with van der Waals surface area (Å²) in [5, 5.41) is 27.2. The number of carbonyl (C=O) groups is 2. The number of benzene rings is 1. The molecule has 1 aromatic rings. The molecule has 0 unspecified atom stereocenters. The second kappa shape index (κ2) is 4.09. The van der Waals surface area contributed by atoms with Gasteiger partial charge in [0.2, 0.25) is 0 Å². The number of nitrogens with two attached hydrogens (primary N) is 1. The molecule has 0 aliphatic carbocycles. The Morgan fingerprint density at radius 2 is 1.75 bits per heavy atom. The number of aromatic carboxylic acids is 2. The van der Waals surface area contributed by atoms with Gasteiger partial charge >= 0.3 is 11.9 Å². The molecule has 0 radical (unpaired) electrons. The molecule has 0 amide bonds. The summed E-state index contributed by atoms with van der Waals surface area (Å²) >= 11 is 0. The van der Waals surface area contributed by atoms with Crippen molar-refractivity contribution in [2.75, 3.05) is 5.73 Å². The van der Waals surface area contributed by atoms with Gasteiger partial charge in [-0.25, -0.2) is 9.59 Å².